The van der Waals surface area contributed by atoms with Gasteiger partial charge in [-0.1, -0.05) is 17.7 Å². The second kappa shape index (κ2) is 5.01. The molecule has 0 radical (unpaired) electrons. The Morgan fingerprint density at radius 1 is 1.10 bits per heavy atom. The Balaban J connectivity index is 1.63. The number of carbonyl (C=O) groups is 1. The number of carbonyl (C=O) groups excluding carboxylic acids is 1. The topological polar surface area (TPSA) is 20.3 Å². The van der Waals surface area contributed by atoms with Gasteiger partial charge in [-0.25, -0.2) is 0 Å². The van der Waals surface area contributed by atoms with Crippen LogP contribution >= 0.6 is 11.6 Å². The van der Waals surface area contributed by atoms with E-state index >= 15 is 0 Å². The Labute approximate surface area is 131 Å². The maximum atomic E-state index is 12.9. The van der Waals surface area contributed by atoms with Crippen molar-refractivity contribution in [1.29, 1.82) is 0 Å². The van der Waals surface area contributed by atoms with E-state index in [1.165, 1.54) is 32.1 Å². The number of fused-ring (bicyclic) bond motifs is 1. The van der Waals surface area contributed by atoms with E-state index in [2.05, 4.69) is 4.90 Å². The van der Waals surface area contributed by atoms with Gasteiger partial charge >= 0.3 is 0 Å². The lowest BCUT2D eigenvalue weighted by Crippen LogP contribution is -2.42. The summed E-state index contributed by atoms with van der Waals surface area (Å²) in [5.41, 5.74) is 1.79. The Morgan fingerprint density at radius 3 is 2.43 bits per heavy atom. The zero-order valence-electron chi connectivity index (χ0n) is 12.5. The summed E-state index contributed by atoms with van der Waals surface area (Å²) in [6, 6.07) is 6.19. The van der Waals surface area contributed by atoms with Crippen molar-refractivity contribution in [3.05, 3.63) is 34.3 Å². The molecule has 4 aliphatic rings. The molecule has 2 aliphatic heterocycles. The Bertz CT molecular complexity index is 571. The van der Waals surface area contributed by atoms with Crippen molar-refractivity contribution in [3.63, 3.8) is 0 Å². The average molecular weight is 304 g/mol. The van der Waals surface area contributed by atoms with Crippen molar-refractivity contribution < 1.29 is 4.79 Å². The first-order valence-corrected chi connectivity index (χ1v) is 8.55. The highest BCUT2D eigenvalue weighted by Gasteiger charge is 2.44. The number of amides is 1. The quantitative estimate of drug-likeness (QED) is 0.757. The molecule has 2 saturated carbocycles. The standard InChI is InChI=1S/C18H22ClNO/c1-11-2-3-15(9-17(11)19)18(21)20-10-14-5-12-4-13(6-14)8-16(20)7-12/h2-3,9,12-14,16H,4-8,10H2,1H3/t12-,13+,14?,16?. The Hall–Kier alpha value is -1.02. The molecule has 3 heteroatoms. The molecule has 4 fully saturated rings. The van der Waals surface area contributed by atoms with Crippen molar-refractivity contribution in [2.75, 3.05) is 6.54 Å². The van der Waals surface area contributed by atoms with Crippen LogP contribution in [0.3, 0.4) is 0 Å². The van der Waals surface area contributed by atoms with Gasteiger partial charge in [0.15, 0.2) is 0 Å². The number of nitrogens with zero attached hydrogens (tertiary/aromatic N) is 1. The zero-order valence-corrected chi connectivity index (χ0v) is 13.3. The highest BCUT2D eigenvalue weighted by Crippen LogP contribution is 2.47. The lowest BCUT2D eigenvalue weighted by Gasteiger charge is -2.39. The molecule has 5 rings (SSSR count). The van der Waals surface area contributed by atoms with Gasteiger partial charge in [0.1, 0.15) is 0 Å². The Morgan fingerprint density at radius 2 is 1.76 bits per heavy atom. The molecule has 2 unspecified atom stereocenters. The van der Waals surface area contributed by atoms with Crippen molar-refractivity contribution in [1.82, 2.24) is 4.90 Å². The number of halogens is 1. The van der Waals surface area contributed by atoms with Crippen LogP contribution in [0.2, 0.25) is 5.02 Å². The van der Waals surface area contributed by atoms with E-state index in [0.29, 0.717) is 11.1 Å². The maximum absolute atomic E-state index is 12.9. The van der Waals surface area contributed by atoms with Gasteiger partial charge in [-0.05, 0) is 74.5 Å². The number of hydrogen-bond acceptors (Lipinski definition) is 1. The van der Waals surface area contributed by atoms with Crippen LogP contribution in [0.1, 0.15) is 48.0 Å². The summed E-state index contributed by atoms with van der Waals surface area (Å²) in [6.45, 7) is 2.94. The second-order valence-electron chi connectivity index (χ2n) is 7.35. The minimum atomic E-state index is 0.190. The van der Waals surface area contributed by atoms with E-state index in [0.717, 1.165) is 35.4 Å². The molecule has 2 aliphatic carbocycles. The molecule has 1 amide bonds. The van der Waals surface area contributed by atoms with Crippen LogP contribution in [-0.2, 0) is 0 Å². The smallest absolute Gasteiger partial charge is 0.254 e. The summed E-state index contributed by atoms with van der Waals surface area (Å²) in [5, 5.41) is 0.696. The minimum absolute atomic E-state index is 0.190. The van der Waals surface area contributed by atoms with E-state index in [-0.39, 0.29) is 5.91 Å². The Kier molecular flexibility index (Phi) is 3.25. The molecule has 112 valence electrons. The third kappa shape index (κ3) is 2.38. The normalized spacial score (nSPS) is 34.1. The molecule has 4 bridgehead atoms. The molecular weight excluding hydrogens is 282 g/mol. The summed E-state index contributed by atoms with van der Waals surface area (Å²) in [4.78, 5) is 15.1. The first kappa shape index (κ1) is 13.6. The fourth-order valence-corrected chi connectivity index (χ4v) is 5.11. The molecule has 0 N–H and O–H groups in total. The number of benzene rings is 1. The van der Waals surface area contributed by atoms with E-state index in [1.54, 1.807) is 0 Å². The molecule has 21 heavy (non-hydrogen) atoms. The zero-order chi connectivity index (χ0) is 14.6. The van der Waals surface area contributed by atoms with Crippen molar-refractivity contribution in [2.45, 2.75) is 45.1 Å². The average Bonchev–Trinajstić information content (AvgIpc) is 2.65. The van der Waals surface area contributed by atoms with E-state index < -0.39 is 0 Å². The van der Waals surface area contributed by atoms with Gasteiger partial charge in [0, 0.05) is 23.2 Å². The largest absolute Gasteiger partial charge is 0.335 e. The second-order valence-corrected chi connectivity index (χ2v) is 7.76. The first-order chi connectivity index (χ1) is 10.1. The van der Waals surface area contributed by atoms with Crippen LogP contribution in [0.5, 0.6) is 0 Å². The van der Waals surface area contributed by atoms with Gasteiger partial charge in [-0.3, -0.25) is 4.79 Å². The molecule has 2 heterocycles. The lowest BCUT2D eigenvalue weighted by molar-refractivity contribution is 0.0632. The fraction of sp³-hybridized carbons (Fsp3) is 0.611. The maximum Gasteiger partial charge on any atom is 0.254 e. The summed E-state index contributed by atoms with van der Waals surface area (Å²) in [6.07, 6.45) is 6.53. The molecule has 0 spiro atoms. The van der Waals surface area contributed by atoms with E-state index in [4.69, 9.17) is 11.6 Å². The van der Waals surface area contributed by atoms with Gasteiger partial charge in [0.25, 0.3) is 5.91 Å². The number of rotatable bonds is 1. The van der Waals surface area contributed by atoms with Crippen LogP contribution in [-0.4, -0.2) is 23.4 Å². The van der Waals surface area contributed by atoms with Gasteiger partial charge in [-0.2, -0.15) is 0 Å². The summed E-state index contributed by atoms with van der Waals surface area (Å²) < 4.78 is 0. The molecule has 1 aromatic rings. The lowest BCUT2D eigenvalue weighted by atomic mass is 9.68. The van der Waals surface area contributed by atoms with E-state index in [1.807, 2.05) is 25.1 Å². The van der Waals surface area contributed by atoms with Crippen LogP contribution in [0, 0.1) is 24.7 Å². The predicted molar refractivity (Wildman–Crippen MR) is 84.6 cm³/mol. The number of hydrogen-bond donors (Lipinski definition) is 0. The third-order valence-electron chi connectivity index (χ3n) is 5.79. The minimum Gasteiger partial charge on any atom is -0.335 e. The van der Waals surface area contributed by atoms with Gasteiger partial charge in [-0.15, -0.1) is 0 Å². The van der Waals surface area contributed by atoms with Crippen molar-refractivity contribution >= 4 is 17.5 Å². The molecular formula is C18H22ClNO. The molecule has 0 aromatic heterocycles. The van der Waals surface area contributed by atoms with Crippen LogP contribution in [0.25, 0.3) is 0 Å². The number of aryl methyl sites for hydroxylation is 1. The van der Waals surface area contributed by atoms with Gasteiger partial charge in [0.05, 0.1) is 0 Å². The fourth-order valence-electron chi connectivity index (χ4n) is 4.92. The molecule has 1 aromatic carbocycles. The first-order valence-electron chi connectivity index (χ1n) is 8.17. The van der Waals surface area contributed by atoms with Crippen molar-refractivity contribution in [3.8, 4) is 0 Å². The predicted octanol–water partition coefficient (Wildman–Crippen LogP) is 4.30. The van der Waals surface area contributed by atoms with Crippen molar-refractivity contribution in [2.24, 2.45) is 17.8 Å². The monoisotopic (exact) mass is 303 g/mol. The third-order valence-corrected chi connectivity index (χ3v) is 6.19. The van der Waals surface area contributed by atoms with Gasteiger partial charge in [0.2, 0.25) is 0 Å². The SMILES string of the molecule is Cc1ccc(C(=O)N2CC3C[C@@H]4CC2C[C@H](C3)C4)cc1Cl. The highest BCUT2D eigenvalue weighted by atomic mass is 35.5. The van der Waals surface area contributed by atoms with E-state index in [9.17, 15) is 4.79 Å². The molecule has 4 atom stereocenters. The molecule has 2 saturated heterocycles. The van der Waals surface area contributed by atoms with Crippen LogP contribution in [0.4, 0.5) is 0 Å². The van der Waals surface area contributed by atoms with Crippen LogP contribution in [0.15, 0.2) is 18.2 Å². The van der Waals surface area contributed by atoms with Crippen LogP contribution < -0.4 is 0 Å². The molecule has 2 nitrogen and oxygen atoms in total. The highest BCUT2D eigenvalue weighted by molar-refractivity contribution is 6.31. The summed E-state index contributed by atoms with van der Waals surface area (Å²) in [7, 11) is 0. The summed E-state index contributed by atoms with van der Waals surface area (Å²) in [5.74, 6) is 2.65. The summed E-state index contributed by atoms with van der Waals surface area (Å²) >= 11 is 6.20. The van der Waals surface area contributed by atoms with Gasteiger partial charge < -0.3 is 4.90 Å².